The van der Waals surface area contributed by atoms with Crippen LogP contribution in [0.25, 0.3) is 0 Å². The smallest absolute Gasteiger partial charge is 0.251 e. The van der Waals surface area contributed by atoms with Gasteiger partial charge in [0.1, 0.15) is 0 Å². The Labute approximate surface area is 182 Å². The predicted molar refractivity (Wildman–Crippen MR) is 121 cm³/mol. The zero-order valence-electron chi connectivity index (χ0n) is 15.9. The Morgan fingerprint density at radius 2 is 1.75 bits per heavy atom. The number of aliphatic imine (C=N–C) groups is 1. The standard InChI is InChI=1S/C19H26N6O2.HI/c1-2-21-19(22-9-12-25-10-3-4-11-25)24-13-15-5-7-16(8-6-15)18(27)23-14-17(20)26;/h3-8,10-11H,2,9,12-14H2,1H3,(H2,20,26)(H,23,27)(H2,21,22,24);1H. The lowest BCUT2D eigenvalue weighted by Crippen LogP contribution is -2.38. The van der Waals surface area contributed by atoms with Gasteiger partial charge in [-0.05, 0) is 36.8 Å². The Balaban J connectivity index is 0.00000392. The van der Waals surface area contributed by atoms with Crippen LogP contribution in [0.4, 0.5) is 0 Å². The summed E-state index contributed by atoms with van der Waals surface area (Å²) in [5.74, 6) is -0.161. The van der Waals surface area contributed by atoms with E-state index in [0.29, 0.717) is 12.1 Å². The second-order valence-corrected chi connectivity index (χ2v) is 5.89. The monoisotopic (exact) mass is 498 g/mol. The fourth-order valence-electron chi connectivity index (χ4n) is 2.37. The summed E-state index contributed by atoms with van der Waals surface area (Å²) in [6.07, 6.45) is 4.04. The largest absolute Gasteiger partial charge is 0.368 e. The molecule has 0 aliphatic carbocycles. The maximum Gasteiger partial charge on any atom is 0.251 e. The first kappa shape index (κ1) is 23.5. The summed E-state index contributed by atoms with van der Waals surface area (Å²) in [7, 11) is 0. The maximum atomic E-state index is 11.9. The van der Waals surface area contributed by atoms with Gasteiger partial charge in [-0.15, -0.1) is 24.0 Å². The highest BCUT2D eigenvalue weighted by atomic mass is 127. The molecule has 0 saturated heterocycles. The number of aromatic nitrogens is 1. The molecule has 2 rings (SSSR count). The van der Waals surface area contributed by atoms with Crippen molar-refractivity contribution >= 4 is 41.8 Å². The Hall–Kier alpha value is -2.56. The number of nitrogens with two attached hydrogens (primary N) is 1. The van der Waals surface area contributed by atoms with E-state index in [1.165, 1.54) is 0 Å². The van der Waals surface area contributed by atoms with Gasteiger partial charge in [0.2, 0.25) is 5.91 Å². The Bertz CT molecular complexity index is 759. The predicted octanol–water partition coefficient (Wildman–Crippen LogP) is 1.08. The molecule has 28 heavy (non-hydrogen) atoms. The molecule has 1 heterocycles. The first-order chi connectivity index (χ1) is 13.1. The van der Waals surface area contributed by atoms with Crippen molar-refractivity contribution in [1.82, 2.24) is 20.5 Å². The second kappa shape index (κ2) is 12.8. The molecule has 0 saturated carbocycles. The van der Waals surface area contributed by atoms with Gasteiger partial charge in [0.05, 0.1) is 13.1 Å². The number of halogens is 1. The zero-order chi connectivity index (χ0) is 19.5. The number of nitrogens with one attached hydrogen (secondary N) is 3. The van der Waals surface area contributed by atoms with Gasteiger partial charge in [-0.2, -0.15) is 0 Å². The molecule has 9 heteroatoms. The lowest BCUT2D eigenvalue weighted by atomic mass is 10.1. The van der Waals surface area contributed by atoms with Crippen LogP contribution in [0.5, 0.6) is 0 Å². The van der Waals surface area contributed by atoms with E-state index in [1.807, 2.05) is 43.6 Å². The van der Waals surface area contributed by atoms with Crippen molar-refractivity contribution in [2.75, 3.05) is 19.6 Å². The van der Waals surface area contributed by atoms with E-state index in [-0.39, 0.29) is 36.4 Å². The Kier molecular flexibility index (Phi) is 10.7. The molecular formula is C19H27IN6O2. The minimum Gasteiger partial charge on any atom is -0.368 e. The van der Waals surface area contributed by atoms with Crippen LogP contribution in [0.1, 0.15) is 22.8 Å². The molecule has 0 bridgehead atoms. The normalized spacial score (nSPS) is 10.7. The fourth-order valence-corrected chi connectivity index (χ4v) is 2.37. The molecule has 0 fully saturated rings. The molecule has 0 spiro atoms. The molecule has 1 aromatic carbocycles. The molecule has 1 aromatic heterocycles. The molecule has 2 amide bonds. The summed E-state index contributed by atoms with van der Waals surface area (Å²) in [6, 6.07) is 11.1. The SMILES string of the molecule is CCNC(=NCc1ccc(C(=O)NCC(N)=O)cc1)NCCn1cccc1.I. The van der Waals surface area contributed by atoms with Crippen LogP contribution in [0.15, 0.2) is 53.8 Å². The number of nitrogens with zero attached hydrogens (tertiary/aromatic N) is 2. The van der Waals surface area contributed by atoms with Crippen LogP contribution in [0, 0.1) is 0 Å². The van der Waals surface area contributed by atoms with Gasteiger partial charge in [-0.3, -0.25) is 9.59 Å². The van der Waals surface area contributed by atoms with Crippen molar-refractivity contribution < 1.29 is 9.59 Å². The third-order valence-electron chi connectivity index (χ3n) is 3.73. The molecule has 0 aliphatic rings. The highest BCUT2D eigenvalue weighted by molar-refractivity contribution is 14.0. The molecule has 0 unspecified atom stereocenters. The van der Waals surface area contributed by atoms with Crippen molar-refractivity contribution in [2.24, 2.45) is 10.7 Å². The van der Waals surface area contributed by atoms with Crippen LogP contribution >= 0.6 is 24.0 Å². The first-order valence-electron chi connectivity index (χ1n) is 8.87. The quantitative estimate of drug-likeness (QED) is 0.235. The molecule has 0 radical (unpaired) electrons. The minimum absolute atomic E-state index is 0. The molecule has 5 N–H and O–H groups in total. The van der Waals surface area contributed by atoms with E-state index < -0.39 is 5.91 Å². The molecule has 8 nitrogen and oxygen atoms in total. The van der Waals surface area contributed by atoms with Gasteiger partial charge in [0.25, 0.3) is 5.91 Å². The number of hydrogen-bond donors (Lipinski definition) is 4. The van der Waals surface area contributed by atoms with Crippen LogP contribution < -0.4 is 21.7 Å². The zero-order valence-corrected chi connectivity index (χ0v) is 18.2. The van der Waals surface area contributed by atoms with Crippen molar-refractivity contribution in [1.29, 1.82) is 0 Å². The van der Waals surface area contributed by atoms with E-state index >= 15 is 0 Å². The average molecular weight is 498 g/mol. The maximum absolute atomic E-state index is 11.9. The summed E-state index contributed by atoms with van der Waals surface area (Å²) >= 11 is 0. The summed E-state index contributed by atoms with van der Waals surface area (Å²) in [5, 5.41) is 8.96. The average Bonchev–Trinajstić information content (AvgIpc) is 3.18. The van der Waals surface area contributed by atoms with Gasteiger partial charge in [-0.1, -0.05) is 12.1 Å². The highest BCUT2D eigenvalue weighted by Gasteiger charge is 2.06. The number of hydrogen-bond acceptors (Lipinski definition) is 3. The molecule has 0 aliphatic heterocycles. The van der Waals surface area contributed by atoms with Crippen molar-refractivity contribution in [2.45, 2.75) is 20.0 Å². The Morgan fingerprint density at radius 3 is 2.36 bits per heavy atom. The van der Waals surface area contributed by atoms with E-state index in [1.54, 1.807) is 12.1 Å². The lowest BCUT2D eigenvalue weighted by Gasteiger charge is -2.12. The van der Waals surface area contributed by atoms with Gasteiger partial charge in [-0.25, -0.2) is 4.99 Å². The van der Waals surface area contributed by atoms with Crippen LogP contribution in [0.3, 0.4) is 0 Å². The third-order valence-corrected chi connectivity index (χ3v) is 3.73. The number of guanidine groups is 1. The summed E-state index contributed by atoms with van der Waals surface area (Å²) in [4.78, 5) is 27.1. The van der Waals surface area contributed by atoms with E-state index in [4.69, 9.17) is 5.73 Å². The van der Waals surface area contributed by atoms with Crippen molar-refractivity contribution in [3.8, 4) is 0 Å². The number of rotatable bonds is 9. The second-order valence-electron chi connectivity index (χ2n) is 5.89. The summed E-state index contributed by atoms with van der Waals surface area (Å²) in [6.45, 7) is 4.72. The van der Waals surface area contributed by atoms with Gasteiger partial charge < -0.3 is 26.3 Å². The molecule has 152 valence electrons. The lowest BCUT2D eigenvalue weighted by molar-refractivity contribution is -0.117. The molecule has 0 atom stereocenters. The van der Waals surface area contributed by atoms with E-state index in [0.717, 1.165) is 31.2 Å². The number of amides is 2. The number of carbonyl (C=O) groups is 2. The van der Waals surface area contributed by atoms with E-state index in [2.05, 4.69) is 25.5 Å². The van der Waals surface area contributed by atoms with Gasteiger partial charge >= 0.3 is 0 Å². The molecular weight excluding hydrogens is 471 g/mol. The van der Waals surface area contributed by atoms with Crippen LogP contribution in [-0.4, -0.2) is 42.0 Å². The third kappa shape index (κ3) is 8.42. The van der Waals surface area contributed by atoms with Crippen molar-refractivity contribution in [3.05, 3.63) is 59.9 Å². The van der Waals surface area contributed by atoms with Gasteiger partial charge in [0.15, 0.2) is 5.96 Å². The van der Waals surface area contributed by atoms with Crippen LogP contribution in [-0.2, 0) is 17.9 Å². The molecule has 2 aromatic rings. The Morgan fingerprint density at radius 1 is 1.07 bits per heavy atom. The minimum atomic E-state index is -0.575. The number of carbonyl (C=O) groups excluding carboxylic acids is 2. The summed E-state index contributed by atoms with van der Waals surface area (Å²) in [5.41, 5.74) is 6.46. The summed E-state index contributed by atoms with van der Waals surface area (Å²) < 4.78 is 2.10. The number of primary amides is 1. The van der Waals surface area contributed by atoms with Crippen molar-refractivity contribution in [3.63, 3.8) is 0 Å². The highest BCUT2D eigenvalue weighted by Crippen LogP contribution is 2.06. The fraction of sp³-hybridized carbons (Fsp3) is 0.316. The van der Waals surface area contributed by atoms with Gasteiger partial charge in [0, 0.05) is 37.6 Å². The van der Waals surface area contributed by atoms with E-state index in [9.17, 15) is 9.59 Å². The van der Waals surface area contributed by atoms with Crippen LogP contribution in [0.2, 0.25) is 0 Å². The number of benzene rings is 1. The first-order valence-corrected chi connectivity index (χ1v) is 8.87. The topological polar surface area (TPSA) is 114 Å².